The Morgan fingerprint density at radius 2 is 2.05 bits per heavy atom. The Labute approximate surface area is 117 Å². The lowest BCUT2D eigenvalue weighted by Crippen LogP contribution is -2.06. The fraction of sp³-hybridized carbons (Fsp3) is 0.333. The predicted molar refractivity (Wildman–Crippen MR) is 78.7 cm³/mol. The molecular weight excluding hydrogens is 252 g/mol. The summed E-state index contributed by atoms with van der Waals surface area (Å²) in [5.74, 6) is 1.07. The van der Waals surface area contributed by atoms with E-state index >= 15 is 0 Å². The summed E-state index contributed by atoms with van der Waals surface area (Å²) in [6.45, 7) is 6.23. The number of H-pyrrole nitrogens is 1. The summed E-state index contributed by atoms with van der Waals surface area (Å²) in [4.78, 5) is 4.52. The summed E-state index contributed by atoms with van der Waals surface area (Å²) < 4.78 is 5.71. The molecule has 3 rings (SSSR count). The molecule has 0 aliphatic heterocycles. The predicted octanol–water partition coefficient (Wildman–Crippen LogP) is 3.85. The minimum Gasteiger partial charge on any atom is -0.440 e. The van der Waals surface area contributed by atoms with Gasteiger partial charge in [0.25, 0.3) is 0 Å². The highest BCUT2D eigenvalue weighted by Gasteiger charge is 2.11. The first-order valence-corrected chi connectivity index (χ1v) is 6.80. The van der Waals surface area contributed by atoms with Gasteiger partial charge < -0.3 is 9.73 Å². The summed E-state index contributed by atoms with van der Waals surface area (Å²) in [6, 6.07) is 8.09. The van der Waals surface area contributed by atoms with Gasteiger partial charge in [-0.15, -0.1) is 0 Å². The first-order valence-electron chi connectivity index (χ1n) is 6.80. The van der Waals surface area contributed by atoms with Gasteiger partial charge in [0.05, 0.1) is 11.7 Å². The minimum atomic E-state index is 0.159. The molecule has 5 heteroatoms. The van der Waals surface area contributed by atoms with Gasteiger partial charge in [0.1, 0.15) is 5.52 Å². The van der Waals surface area contributed by atoms with Crippen molar-refractivity contribution in [3.63, 3.8) is 0 Å². The van der Waals surface area contributed by atoms with Gasteiger partial charge in [0, 0.05) is 17.8 Å². The molecule has 3 aromatic rings. The number of hydrogen-bond donors (Lipinski definition) is 2. The first-order chi connectivity index (χ1) is 9.63. The minimum absolute atomic E-state index is 0.159. The number of nitrogens with one attached hydrogen (secondary N) is 2. The van der Waals surface area contributed by atoms with Crippen LogP contribution in [0, 0.1) is 0 Å². The van der Waals surface area contributed by atoms with E-state index in [1.807, 2.05) is 24.3 Å². The number of aromatic nitrogens is 3. The van der Waals surface area contributed by atoms with Gasteiger partial charge in [0.15, 0.2) is 11.5 Å². The standard InChI is InChI=1S/C15H18N4O/c1-9(2)15-18-13-8-11(4-5-14(13)20-15)17-10(3)12-6-7-16-19-12/h4-10,17H,1-3H3,(H,16,19). The lowest BCUT2D eigenvalue weighted by atomic mass is 10.2. The average Bonchev–Trinajstić information content (AvgIpc) is 3.07. The van der Waals surface area contributed by atoms with Crippen LogP contribution in [0.4, 0.5) is 5.69 Å². The smallest absolute Gasteiger partial charge is 0.198 e. The van der Waals surface area contributed by atoms with Gasteiger partial charge in [-0.05, 0) is 31.2 Å². The molecule has 0 amide bonds. The second-order valence-electron chi connectivity index (χ2n) is 5.27. The fourth-order valence-corrected chi connectivity index (χ4v) is 2.12. The highest BCUT2D eigenvalue weighted by molar-refractivity contribution is 5.77. The van der Waals surface area contributed by atoms with E-state index in [9.17, 15) is 0 Å². The van der Waals surface area contributed by atoms with E-state index in [-0.39, 0.29) is 6.04 Å². The van der Waals surface area contributed by atoms with E-state index in [0.29, 0.717) is 5.92 Å². The second kappa shape index (κ2) is 5.00. The molecule has 0 radical (unpaired) electrons. The van der Waals surface area contributed by atoms with E-state index in [0.717, 1.165) is 28.4 Å². The quantitative estimate of drug-likeness (QED) is 0.755. The molecule has 104 valence electrons. The van der Waals surface area contributed by atoms with Gasteiger partial charge >= 0.3 is 0 Å². The molecule has 0 spiro atoms. The number of hydrogen-bond acceptors (Lipinski definition) is 4. The zero-order valence-corrected chi connectivity index (χ0v) is 11.8. The summed E-state index contributed by atoms with van der Waals surface area (Å²) in [5, 5.41) is 10.4. The normalized spacial score (nSPS) is 13.0. The van der Waals surface area contributed by atoms with Crippen molar-refractivity contribution in [1.82, 2.24) is 15.2 Å². The average molecular weight is 270 g/mol. The Kier molecular flexibility index (Phi) is 3.18. The maximum absolute atomic E-state index is 5.71. The van der Waals surface area contributed by atoms with E-state index in [2.05, 4.69) is 41.3 Å². The molecule has 2 N–H and O–H groups in total. The molecular formula is C15H18N4O. The highest BCUT2D eigenvalue weighted by atomic mass is 16.3. The van der Waals surface area contributed by atoms with Crippen LogP contribution in [0.25, 0.3) is 11.1 Å². The molecule has 0 aliphatic carbocycles. The molecule has 1 unspecified atom stereocenters. The number of oxazole rings is 1. The number of rotatable bonds is 4. The van der Waals surface area contributed by atoms with Crippen LogP contribution >= 0.6 is 0 Å². The van der Waals surface area contributed by atoms with Crippen LogP contribution in [0.15, 0.2) is 34.9 Å². The second-order valence-corrected chi connectivity index (χ2v) is 5.27. The van der Waals surface area contributed by atoms with E-state index in [4.69, 9.17) is 4.42 Å². The van der Waals surface area contributed by atoms with E-state index in [1.54, 1.807) is 6.20 Å². The van der Waals surface area contributed by atoms with Crippen molar-refractivity contribution < 1.29 is 4.42 Å². The molecule has 5 nitrogen and oxygen atoms in total. The largest absolute Gasteiger partial charge is 0.440 e. The van der Waals surface area contributed by atoms with Gasteiger partial charge in [-0.1, -0.05) is 13.8 Å². The number of nitrogens with zero attached hydrogens (tertiary/aromatic N) is 2. The summed E-state index contributed by atoms with van der Waals surface area (Å²) >= 11 is 0. The molecule has 0 saturated heterocycles. The number of fused-ring (bicyclic) bond motifs is 1. The molecule has 0 fully saturated rings. The third kappa shape index (κ3) is 2.39. The van der Waals surface area contributed by atoms with Crippen molar-refractivity contribution in [3.8, 4) is 0 Å². The van der Waals surface area contributed by atoms with Crippen LogP contribution in [0.1, 0.15) is 44.3 Å². The van der Waals surface area contributed by atoms with Gasteiger partial charge in [0.2, 0.25) is 0 Å². The maximum atomic E-state index is 5.71. The Balaban J connectivity index is 1.85. The molecule has 20 heavy (non-hydrogen) atoms. The Morgan fingerprint density at radius 1 is 1.20 bits per heavy atom. The van der Waals surface area contributed by atoms with Crippen LogP contribution in [-0.4, -0.2) is 15.2 Å². The van der Waals surface area contributed by atoms with Crippen LogP contribution < -0.4 is 5.32 Å². The monoisotopic (exact) mass is 270 g/mol. The van der Waals surface area contributed by atoms with Crippen molar-refractivity contribution in [2.75, 3.05) is 5.32 Å². The molecule has 0 bridgehead atoms. The third-order valence-corrected chi connectivity index (χ3v) is 3.27. The number of aromatic amines is 1. The van der Waals surface area contributed by atoms with Gasteiger partial charge in [-0.3, -0.25) is 5.10 Å². The molecule has 1 aromatic carbocycles. The van der Waals surface area contributed by atoms with Crippen molar-refractivity contribution in [2.45, 2.75) is 32.7 Å². The van der Waals surface area contributed by atoms with Crippen LogP contribution in [0.2, 0.25) is 0 Å². The maximum Gasteiger partial charge on any atom is 0.198 e. The lowest BCUT2D eigenvalue weighted by molar-refractivity contribution is 0.501. The topological polar surface area (TPSA) is 66.7 Å². The van der Waals surface area contributed by atoms with Crippen molar-refractivity contribution in [1.29, 1.82) is 0 Å². The van der Waals surface area contributed by atoms with Crippen LogP contribution in [-0.2, 0) is 0 Å². The molecule has 1 atom stereocenters. The van der Waals surface area contributed by atoms with Gasteiger partial charge in [-0.2, -0.15) is 5.10 Å². The lowest BCUT2D eigenvalue weighted by Gasteiger charge is -2.13. The number of anilines is 1. The van der Waals surface area contributed by atoms with Crippen molar-refractivity contribution in [3.05, 3.63) is 42.0 Å². The zero-order valence-electron chi connectivity index (χ0n) is 11.8. The zero-order chi connectivity index (χ0) is 14.1. The summed E-state index contributed by atoms with van der Waals surface area (Å²) in [6.07, 6.45) is 1.75. The molecule has 0 saturated carbocycles. The molecule has 2 aromatic heterocycles. The van der Waals surface area contributed by atoms with E-state index < -0.39 is 0 Å². The SMILES string of the molecule is CC(C)c1nc2cc(NC(C)c3ccn[nH]3)ccc2o1. The highest BCUT2D eigenvalue weighted by Crippen LogP contribution is 2.25. The number of benzene rings is 1. The summed E-state index contributed by atoms with van der Waals surface area (Å²) in [7, 11) is 0. The molecule has 2 heterocycles. The fourth-order valence-electron chi connectivity index (χ4n) is 2.12. The first kappa shape index (κ1) is 12.7. The van der Waals surface area contributed by atoms with E-state index in [1.165, 1.54) is 0 Å². The Bertz CT molecular complexity index is 700. The van der Waals surface area contributed by atoms with Crippen molar-refractivity contribution in [2.24, 2.45) is 0 Å². The molecule has 0 aliphatic rings. The van der Waals surface area contributed by atoms with Crippen LogP contribution in [0.5, 0.6) is 0 Å². The Morgan fingerprint density at radius 3 is 2.75 bits per heavy atom. The third-order valence-electron chi connectivity index (χ3n) is 3.27. The Hall–Kier alpha value is -2.30. The summed E-state index contributed by atoms with van der Waals surface area (Å²) in [5.41, 5.74) is 3.78. The van der Waals surface area contributed by atoms with Crippen molar-refractivity contribution >= 4 is 16.8 Å². The van der Waals surface area contributed by atoms with Gasteiger partial charge in [-0.25, -0.2) is 4.98 Å². The van der Waals surface area contributed by atoms with Crippen LogP contribution in [0.3, 0.4) is 0 Å².